The van der Waals surface area contributed by atoms with Gasteiger partial charge in [0.15, 0.2) is 0 Å². The number of anilines is 3. The average molecular weight is 398 g/mol. The van der Waals surface area contributed by atoms with E-state index in [1.54, 1.807) is 6.07 Å². The Labute approximate surface area is 133 Å². The van der Waals surface area contributed by atoms with Gasteiger partial charge >= 0.3 is 134 Å². The standard InChI is InChI=1S/C14H17IN5O/c16-13-5-4-10(8-18-13)20-6-7-21-12(9-20)15-11-2-1-3-14(17)19-11/h1-5,8,12H,6-7,9H2,(H2,16,18)(H2,17,19)/q-1. The van der Waals surface area contributed by atoms with E-state index in [2.05, 4.69) is 14.9 Å². The molecule has 1 saturated heterocycles. The Morgan fingerprint density at radius 1 is 1.19 bits per heavy atom. The van der Waals surface area contributed by atoms with Crippen molar-refractivity contribution < 1.29 is 25.9 Å². The van der Waals surface area contributed by atoms with E-state index in [4.69, 9.17) is 16.2 Å². The monoisotopic (exact) mass is 398 g/mol. The topological polar surface area (TPSA) is 90.3 Å². The van der Waals surface area contributed by atoms with E-state index in [0.29, 0.717) is 11.6 Å². The van der Waals surface area contributed by atoms with E-state index in [1.165, 1.54) is 0 Å². The van der Waals surface area contributed by atoms with Crippen LogP contribution in [0.2, 0.25) is 0 Å². The minimum atomic E-state index is -0.337. The molecule has 1 unspecified atom stereocenters. The fourth-order valence-electron chi connectivity index (χ4n) is 2.10. The third kappa shape index (κ3) is 3.73. The van der Waals surface area contributed by atoms with Gasteiger partial charge in [-0.2, -0.15) is 0 Å². The summed E-state index contributed by atoms with van der Waals surface area (Å²) in [4.78, 5) is 10.8. The first-order chi connectivity index (χ1) is 10.2. The first-order valence-electron chi connectivity index (χ1n) is 6.65. The molecule has 7 heteroatoms. The van der Waals surface area contributed by atoms with Gasteiger partial charge in [-0.05, 0) is 0 Å². The molecule has 3 heterocycles. The molecule has 3 rings (SSSR count). The van der Waals surface area contributed by atoms with Crippen molar-refractivity contribution in [2.45, 2.75) is 4.11 Å². The van der Waals surface area contributed by atoms with Crippen LogP contribution in [0.5, 0.6) is 0 Å². The zero-order chi connectivity index (χ0) is 14.7. The number of nitrogens with two attached hydrogens (primary N) is 2. The second kappa shape index (κ2) is 6.44. The van der Waals surface area contributed by atoms with Crippen molar-refractivity contribution in [1.29, 1.82) is 0 Å². The molecule has 0 bridgehead atoms. The Morgan fingerprint density at radius 3 is 2.86 bits per heavy atom. The summed E-state index contributed by atoms with van der Waals surface area (Å²) in [5.41, 5.74) is 12.4. The molecule has 1 fully saturated rings. The molecule has 1 aliphatic heterocycles. The number of nitrogen functional groups attached to an aromatic ring is 2. The van der Waals surface area contributed by atoms with Crippen molar-refractivity contribution >= 4 is 17.3 Å². The second-order valence-electron chi connectivity index (χ2n) is 4.66. The zero-order valence-corrected chi connectivity index (χ0v) is 13.6. The number of hydrogen-bond acceptors (Lipinski definition) is 6. The fourth-order valence-corrected chi connectivity index (χ4v) is 4.75. The van der Waals surface area contributed by atoms with Gasteiger partial charge in [0, 0.05) is 0 Å². The van der Waals surface area contributed by atoms with Gasteiger partial charge < -0.3 is 0 Å². The van der Waals surface area contributed by atoms with Gasteiger partial charge in [0.25, 0.3) is 0 Å². The van der Waals surface area contributed by atoms with Crippen molar-refractivity contribution in [3.63, 3.8) is 0 Å². The molecule has 2 aromatic heterocycles. The number of rotatable bonds is 3. The van der Waals surface area contributed by atoms with Gasteiger partial charge in [-0.25, -0.2) is 0 Å². The summed E-state index contributed by atoms with van der Waals surface area (Å²) in [5.74, 6) is 1.11. The molecule has 112 valence electrons. The average Bonchev–Trinajstić information content (AvgIpc) is 2.48. The first kappa shape index (κ1) is 14.3. The number of hydrogen-bond donors (Lipinski definition) is 2. The Bertz CT molecular complexity index is 607. The third-order valence-corrected chi connectivity index (χ3v) is 5.82. The molecule has 4 N–H and O–H groups in total. The number of halogens is 1. The van der Waals surface area contributed by atoms with E-state index in [0.717, 1.165) is 29.1 Å². The van der Waals surface area contributed by atoms with Crippen molar-refractivity contribution in [2.24, 2.45) is 0 Å². The number of ether oxygens (including phenoxy) is 1. The maximum atomic E-state index is 5.88. The molecule has 21 heavy (non-hydrogen) atoms. The first-order valence-corrected chi connectivity index (χ1v) is 8.97. The molecule has 0 aliphatic carbocycles. The Balaban J connectivity index is 1.67. The number of alkyl halides is 1. The molecule has 1 atom stereocenters. The third-order valence-electron chi connectivity index (χ3n) is 3.13. The minimum absolute atomic E-state index is 0.212. The Hall–Kier alpha value is -1.61. The normalized spacial score (nSPS) is 18.9. The van der Waals surface area contributed by atoms with Crippen LogP contribution in [-0.4, -0.2) is 33.8 Å². The van der Waals surface area contributed by atoms with Crippen LogP contribution in [0.25, 0.3) is 0 Å². The summed E-state index contributed by atoms with van der Waals surface area (Å²) in [6, 6.07) is 9.61. The molecule has 0 saturated carbocycles. The van der Waals surface area contributed by atoms with Crippen LogP contribution < -0.4 is 37.6 Å². The molecule has 1 aliphatic rings. The summed E-state index contributed by atoms with van der Waals surface area (Å²) in [7, 11) is 0. The summed E-state index contributed by atoms with van der Waals surface area (Å²) in [6.45, 7) is 2.45. The fraction of sp³-hybridized carbons (Fsp3) is 0.286. The van der Waals surface area contributed by atoms with Crippen LogP contribution in [-0.2, 0) is 4.74 Å². The van der Waals surface area contributed by atoms with Gasteiger partial charge in [0.1, 0.15) is 0 Å². The van der Waals surface area contributed by atoms with Crippen LogP contribution in [0, 0.1) is 3.70 Å². The van der Waals surface area contributed by atoms with Crippen molar-refractivity contribution in [2.75, 3.05) is 36.1 Å². The Morgan fingerprint density at radius 2 is 2.10 bits per heavy atom. The predicted molar refractivity (Wildman–Crippen MR) is 77.9 cm³/mol. The van der Waals surface area contributed by atoms with E-state index < -0.39 is 0 Å². The van der Waals surface area contributed by atoms with E-state index in [1.807, 2.05) is 30.5 Å². The van der Waals surface area contributed by atoms with Crippen molar-refractivity contribution in [1.82, 2.24) is 9.97 Å². The maximum absolute atomic E-state index is 5.88. The van der Waals surface area contributed by atoms with E-state index in [9.17, 15) is 0 Å². The molecular weight excluding hydrogens is 381 g/mol. The molecule has 0 aromatic carbocycles. The van der Waals surface area contributed by atoms with Crippen LogP contribution in [0.3, 0.4) is 0 Å². The number of nitrogens with zero attached hydrogens (tertiary/aromatic N) is 3. The van der Waals surface area contributed by atoms with Crippen LogP contribution in [0.1, 0.15) is 0 Å². The number of pyridine rings is 2. The molecule has 6 nitrogen and oxygen atoms in total. The molecular formula is C14H17IN5O-. The second-order valence-corrected chi connectivity index (χ2v) is 7.78. The zero-order valence-electron chi connectivity index (χ0n) is 11.4. The van der Waals surface area contributed by atoms with Gasteiger partial charge in [0.2, 0.25) is 0 Å². The van der Waals surface area contributed by atoms with Crippen LogP contribution in [0.4, 0.5) is 17.3 Å². The summed E-state index contributed by atoms with van der Waals surface area (Å²) in [5, 5.41) is 0. The van der Waals surface area contributed by atoms with Gasteiger partial charge in [-0.15, -0.1) is 0 Å². The number of aromatic nitrogens is 2. The molecule has 0 amide bonds. The summed E-state index contributed by atoms with van der Waals surface area (Å²) >= 11 is -0.337. The quantitative estimate of drug-likeness (QED) is 0.346. The number of morpholine rings is 1. The molecule has 0 spiro atoms. The van der Waals surface area contributed by atoms with Crippen LogP contribution in [0.15, 0.2) is 36.5 Å². The van der Waals surface area contributed by atoms with Crippen molar-refractivity contribution in [3.8, 4) is 0 Å². The Kier molecular flexibility index (Phi) is 4.39. The summed E-state index contributed by atoms with van der Waals surface area (Å²) < 4.78 is 7.16. The predicted octanol–water partition coefficient (Wildman–Crippen LogP) is -2.24. The van der Waals surface area contributed by atoms with E-state index in [-0.39, 0.29) is 25.3 Å². The molecule has 2 aromatic rings. The van der Waals surface area contributed by atoms with Crippen molar-refractivity contribution in [3.05, 3.63) is 40.2 Å². The van der Waals surface area contributed by atoms with Gasteiger partial charge in [0.05, 0.1) is 0 Å². The van der Waals surface area contributed by atoms with Crippen LogP contribution >= 0.6 is 0 Å². The van der Waals surface area contributed by atoms with Gasteiger partial charge in [-0.3, -0.25) is 0 Å². The summed E-state index contributed by atoms with van der Waals surface area (Å²) in [6.07, 6.45) is 1.81. The van der Waals surface area contributed by atoms with E-state index >= 15 is 0 Å². The SMILES string of the molecule is Nc1ccc(N2CCOC([I-]c3cccc(N)n3)C2)cn1. The molecule has 0 radical (unpaired) electrons. The van der Waals surface area contributed by atoms with Gasteiger partial charge in [-0.1, -0.05) is 0 Å².